The molecule has 0 saturated heterocycles. The molecule has 1 aliphatic carbocycles. The lowest BCUT2D eigenvalue weighted by atomic mass is 10.1. The van der Waals surface area contributed by atoms with Crippen molar-refractivity contribution in [3.05, 3.63) is 23.4 Å². The molecule has 1 heterocycles. The smallest absolute Gasteiger partial charge is 0.422 e. The van der Waals surface area contributed by atoms with Crippen LogP contribution in [0.25, 0.3) is 0 Å². The maximum absolute atomic E-state index is 11.9. The number of carbonyl (C=O) groups is 1. The van der Waals surface area contributed by atoms with Crippen molar-refractivity contribution in [1.82, 2.24) is 4.98 Å². The minimum atomic E-state index is -4.47. The van der Waals surface area contributed by atoms with Crippen LogP contribution in [0.2, 0.25) is 0 Å². The zero-order chi connectivity index (χ0) is 13.3. The molecule has 98 valence electrons. The predicted molar refractivity (Wildman–Crippen MR) is 54.7 cm³/mol. The average molecular weight is 261 g/mol. The van der Waals surface area contributed by atoms with Crippen LogP contribution in [0.4, 0.5) is 13.2 Å². The van der Waals surface area contributed by atoms with Gasteiger partial charge >= 0.3 is 12.1 Å². The Hall–Kier alpha value is -1.79. The highest BCUT2D eigenvalue weighted by molar-refractivity contribution is 5.87. The van der Waals surface area contributed by atoms with Crippen LogP contribution in [0, 0.1) is 0 Å². The highest BCUT2D eigenvalue weighted by Crippen LogP contribution is 2.41. The molecule has 18 heavy (non-hydrogen) atoms. The van der Waals surface area contributed by atoms with Gasteiger partial charge in [0, 0.05) is 6.07 Å². The second-order valence-corrected chi connectivity index (χ2v) is 4.07. The van der Waals surface area contributed by atoms with Crippen LogP contribution in [-0.4, -0.2) is 28.8 Å². The average Bonchev–Trinajstić information content (AvgIpc) is 3.08. The maximum Gasteiger partial charge on any atom is 0.422 e. The van der Waals surface area contributed by atoms with Gasteiger partial charge in [-0.25, -0.2) is 9.78 Å². The van der Waals surface area contributed by atoms with Crippen LogP contribution in [0.5, 0.6) is 5.88 Å². The van der Waals surface area contributed by atoms with E-state index in [2.05, 4.69) is 9.72 Å². The molecule has 0 bridgehead atoms. The van der Waals surface area contributed by atoms with E-state index in [1.165, 1.54) is 12.1 Å². The SMILES string of the molecule is O=C(O)c1nc(OCC(F)(F)F)ccc1C1CC1. The Balaban J connectivity index is 2.18. The van der Waals surface area contributed by atoms with Crippen molar-refractivity contribution >= 4 is 5.97 Å². The van der Waals surface area contributed by atoms with E-state index in [9.17, 15) is 18.0 Å². The quantitative estimate of drug-likeness (QED) is 0.905. The minimum absolute atomic E-state index is 0.153. The van der Waals surface area contributed by atoms with Crippen LogP contribution < -0.4 is 4.74 Å². The van der Waals surface area contributed by atoms with Crippen molar-refractivity contribution in [2.45, 2.75) is 24.9 Å². The minimum Gasteiger partial charge on any atom is -0.476 e. The Bertz CT molecular complexity index is 469. The summed E-state index contributed by atoms with van der Waals surface area (Å²) in [6, 6.07) is 2.74. The number of carboxylic acids is 1. The number of hydrogen-bond donors (Lipinski definition) is 1. The topological polar surface area (TPSA) is 59.4 Å². The molecule has 4 nitrogen and oxygen atoms in total. The summed E-state index contributed by atoms with van der Waals surface area (Å²) >= 11 is 0. The van der Waals surface area contributed by atoms with Gasteiger partial charge in [0.25, 0.3) is 0 Å². The molecular formula is C11H10F3NO3. The van der Waals surface area contributed by atoms with Crippen LogP contribution in [0.1, 0.15) is 34.8 Å². The van der Waals surface area contributed by atoms with E-state index in [4.69, 9.17) is 5.11 Å². The summed E-state index contributed by atoms with van der Waals surface area (Å²) in [5, 5.41) is 8.95. The molecule has 1 aromatic heterocycles. The molecule has 0 atom stereocenters. The van der Waals surface area contributed by atoms with Gasteiger partial charge in [-0.3, -0.25) is 0 Å². The molecule has 1 aromatic rings. The van der Waals surface area contributed by atoms with E-state index >= 15 is 0 Å². The van der Waals surface area contributed by atoms with Gasteiger partial charge in [0.2, 0.25) is 5.88 Å². The highest BCUT2D eigenvalue weighted by Gasteiger charge is 2.31. The number of alkyl halides is 3. The molecule has 0 aromatic carbocycles. The lowest BCUT2D eigenvalue weighted by Crippen LogP contribution is -2.20. The molecule has 2 rings (SSSR count). The molecule has 1 fully saturated rings. The summed E-state index contributed by atoms with van der Waals surface area (Å²) < 4.78 is 40.3. The number of aromatic carboxylic acids is 1. The Morgan fingerprint density at radius 1 is 1.44 bits per heavy atom. The van der Waals surface area contributed by atoms with Gasteiger partial charge in [-0.15, -0.1) is 0 Å². The third-order valence-electron chi connectivity index (χ3n) is 2.50. The Kier molecular flexibility index (Phi) is 3.14. The third-order valence-corrected chi connectivity index (χ3v) is 2.50. The van der Waals surface area contributed by atoms with Crippen molar-refractivity contribution < 1.29 is 27.8 Å². The van der Waals surface area contributed by atoms with Crippen LogP contribution >= 0.6 is 0 Å². The number of ether oxygens (including phenoxy) is 1. The van der Waals surface area contributed by atoms with E-state index in [0.717, 1.165) is 12.8 Å². The Morgan fingerprint density at radius 2 is 2.11 bits per heavy atom. The van der Waals surface area contributed by atoms with Crippen molar-refractivity contribution in [2.24, 2.45) is 0 Å². The molecule has 1 saturated carbocycles. The molecule has 1 aliphatic rings. The van der Waals surface area contributed by atoms with Crippen molar-refractivity contribution in [2.75, 3.05) is 6.61 Å². The monoisotopic (exact) mass is 261 g/mol. The largest absolute Gasteiger partial charge is 0.476 e. The van der Waals surface area contributed by atoms with Gasteiger partial charge in [-0.2, -0.15) is 13.2 Å². The molecule has 1 N–H and O–H groups in total. The number of hydrogen-bond acceptors (Lipinski definition) is 3. The first kappa shape index (κ1) is 12.7. The van der Waals surface area contributed by atoms with Gasteiger partial charge < -0.3 is 9.84 Å². The van der Waals surface area contributed by atoms with E-state index < -0.39 is 18.8 Å². The van der Waals surface area contributed by atoms with E-state index in [1.54, 1.807) is 0 Å². The predicted octanol–water partition coefficient (Wildman–Crippen LogP) is 2.60. The zero-order valence-electron chi connectivity index (χ0n) is 9.20. The molecule has 0 radical (unpaired) electrons. The molecule has 0 amide bonds. The standard InChI is InChI=1S/C11H10F3NO3/c12-11(13,14)5-18-8-4-3-7(6-1-2-6)9(15-8)10(16)17/h3-4,6H,1-2,5H2,(H,16,17). The van der Waals surface area contributed by atoms with Gasteiger partial charge in [0.05, 0.1) is 0 Å². The van der Waals surface area contributed by atoms with Gasteiger partial charge in [-0.05, 0) is 24.3 Å². The number of carboxylic acid groups (broad SMARTS) is 1. The number of rotatable bonds is 4. The lowest BCUT2D eigenvalue weighted by molar-refractivity contribution is -0.154. The summed E-state index contributed by atoms with van der Waals surface area (Å²) in [4.78, 5) is 14.6. The van der Waals surface area contributed by atoms with E-state index in [1.807, 2.05) is 0 Å². The molecule has 0 unspecified atom stereocenters. The summed E-state index contributed by atoms with van der Waals surface area (Å²) in [6.45, 7) is -1.48. The fourth-order valence-electron chi connectivity index (χ4n) is 1.58. The number of nitrogens with zero attached hydrogens (tertiary/aromatic N) is 1. The van der Waals surface area contributed by atoms with Gasteiger partial charge in [0.1, 0.15) is 0 Å². The number of halogens is 3. The van der Waals surface area contributed by atoms with Crippen molar-refractivity contribution in [1.29, 1.82) is 0 Å². The third kappa shape index (κ3) is 3.12. The second-order valence-electron chi connectivity index (χ2n) is 4.07. The Labute approximate surface area is 100 Å². The Morgan fingerprint density at radius 3 is 2.61 bits per heavy atom. The summed E-state index contributed by atoms with van der Waals surface area (Å²) in [7, 11) is 0. The summed E-state index contributed by atoms with van der Waals surface area (Å²) in [5.41, 5.74) is 0.332. The van der Waals surface area contributed by atoms with Crippen molar-refractivity contribution in [3.8, 4) is 5.88 Å². The highest BCUT2D eigenvalue weighted by atomic mass is 19.4. The number of aromatic nitrogens is 1. The first-order valence-corrected chi connectivity index (χ1v) is 5.30. The summed E-state index contributed by atoms with van der Waals surface area (Å²) in [5.74, 6) is -1.43. The fourth-order valence-corrected chi connectivity index (χ4v) is 1.58. The normalized spacial score (nSPS) is 15.5. The second kappa shape index (κ2) is 4.47. The fraction of sp³-hybridized carbons (Fsp3) is 0.455. The number of pyridine rings is 1. The van der Waals surface area contributed by atoms with Crippen LogP contribution in [0.3, 0.4) is 0 Å². The molecule has 0 aliphatic heterocycles. The zero-order valence-corrected chi connectivity index (χ0v) is 9.20. The van der Waals surface area contributed by atoms with E-state index in [-0.39, 0.29) is 17.5 Å². The first-order valence-electron chi connectivity index (χ1n) is 5.30. The molecule has 0 spiro atoms. The van der Waals surface area contributed by atoms with Crippen LogP contribution in [-0.2, 0) is 0 Å². The molecular weight excluding hydrogens is 251 g/mol. The van der Waals surface area contributed by atoms with Gasteiger partial charge in [0.15, 0.2) is 12.3 Å². The van der Waals surface area contributed by atoms with Crippen molar-refractivity contribution in [3.63, 3.8) is 0 Å². The van der Waals surface area contributed by atoms with E-state index in [0.29, 0.717) is 5.56 Å². The molecule has 7 heteroatoms. The lowest BCUT2D eigenvalue weighted by Gasteiger charge is -2.10. The first-order chi connectivity index (χ1) is 8.37. The summed E-state index contributed by atoms with van der Waals surface area (Å²) in [6.07, 6.45) is -2.71. The maximum atomic E-state index is 11.9. The van der Waals surface area contributed by atoms with Gasteiger partial charge in [-0.1, -0.05) is 6.07 Å². The van der Waals surface area contributed by atoms with Crippen LogP contribution in [0.15, 0.2) is 12.1 Å².